The van der Waals surface area contributed by atoms with Crippen LogP contribution in [0.4, 0.5) is 0 Å². The van der Waals surface area contributed by atoms with Crippen LogP contribution >= 0.6 is 0 Å². The monoisotopic (exact) mass is 197 g/mol. The lowest BCUT2D eigenvalue weighted by molar-refractivity contribution is -0.114. The van der Waals surface area contributed by atoms with Gasteiger partial charge in [0.15, 0.2) is 0 Å². The second-order valence-electron chi connectivity index (χ2n) is 4.82. The van der Waals surface area contributed by atoms with E-state index in [0.29, 0.717) is 0 Å². The van der Waals surface area contributed by atoms with Gasteiger partial charge in [-0.3, -0.25) is 4.79 Å². The molecule has 0 atom stereocenters. The van der Waals surface area contributed by atoms with E-state index >= 15 is 0 Å². The van der Waals surface area contributed by atoms with Crippen LogP contribution in [0.3, 0.4) is 0 Å². The van der Waals surface area contributed by atoms with Gasteiger partial charge in [-0.15, -0.1) is 0 Å². The molecule has 0 bridgehead atoms. The summed E-state index contributed by atoms with van der Waals surface area (Å²) in [7, 11) is 0. The smallest absolute Gasteiger partial charge is 0.244 e. The predicted molar refractivity (Wildman–Crippen MR) is 60.9 cm³/mol. The van der Waals surface area contributed by atoms with Crippen LogP contribution in [-0.2, 0) is 4.79 Å². The van der Waals surface area contributed by atoms with Crippen LogP contribution in [0.2, 0.25) is 0 Å². The molecule has 0 aliphatic carbocycles. The largest absolute Gasteiger partial charge is 0.366 e. The van der Waals surface area contributed by atoms with Gasteiger partial charge in [0.1, 0.15) is 0 Å². The van der Waals surface area contributed by atoms with Crippen molar-refractivity contribution < 1.29 is 4.79 Å². The van der Waals surface area contributed by atoms with Crippen molar-refractivity contribution in [3.05, 3.63) is 11.1 Å². The van der Waals surface area contributed by atoms with Gasteiger partial charge in [0.05, 0.1) is 0 Å². The molecule has 0 aliphatic rings. The van der Waals surface area contributed by atoms with E-state index in [-0.39, 0.29) is 11.3 Å². The Hall–Kier alpha value is -0.790. The molecule has 0 spiro atoms. The van der Waals surface area contributed by atoms with Gasteiger partial charge < -0.3 is 5.73 Å². The van der Waals surface area contributed by atoms with Gasteiger partial charge in [0.25, 0.3) is 0 Å². The topological polar surface area (TPSA) is 43.1 Å². The number of allylic oxidation sites excluding steroid dienone is 1. The van der Waals surface area contributed by atoms with Gasteiger partial charge in [-0.25, -0.2) is 0 Å². The Kier molecular flexibility index (Phi) is 4.89. The first kappa shape index (κ1) is 13.2. The Balaban J connectivity index is 4.90. The van der Waals surface area contributed by atoms with E-state index in [1.54, 1.807) is 0 Å². The lowest BCUT2D eigenvalue weighted by Crippen LogP contribution is -2.20. The average molecular weight is 197 g/mol. The Morgan fingerprint density at radius 3 is 2.07 bits per heavy atom. The number of rotatable bonds is 4. The van der Waals surface area contributed by atoms with Gasteiger partial charge in [-0.1, -0.05) is 39.7 Å². The van der Waals surface area contributed by atoms with Crippen LogP contribution in [0.15, 0.2) is 11.1 Å². The Labute approximate surface area is 87.6 Å². The molecule has 0 aromatic carbocycles. The number of nitrogens with two attached hydrogens (primary N) is 1. The van der Waals surface area contributed by atoms with Gasteiger partial charge in [0, 0.05) is 5.57 Å². The number of hydrogen-bond acceptors (Lipinski definition) is 1. The molecular weight excluding hydrogens is 174 g/mol. The minimum absolute atomic E-state index is 0.0499. The van der Waals surface area contributed by atoms with Gasteiger partial charge in [0.2, 0.25) is 5.91 Å². The highest BCUT2D eigenvalue weighted by molar-refractivity contribution is 5.92. The number of amides is 1. The molecule has 2 N–H and O–H groups in total. The van der Waals surface area contributed by atoms with Crippen molar-refractivity contribution in [3.8, 4) is 0 Å². The zero-order valence-corrected chi connectivity index (χ0v) is 10.1. The minimum Gasteiger partial charge on any atom is -0.366 e. The van der Waals surface area contributed by atoms with E-state index in [0.717, 1.165) is 24.8 Å². The first-order valence-electron chi connectivity index (χ1n) is 5.30. The number of primary amides is 1. The molecule has 0 radical (unpaired) electrons. The van der Waals surface area contributed by atoms with Crippen LogP contribution < -0.4 is 5.73 Å². The summed E-state index contributed by atoms with van der Waals surface area (Å²) in [6.45, 7) is 10.4. The molecule has 0 heterocycles. The number of hydrogen-bond donors (Lipinski definition) is 1. The zero-order chi connectivity index (χ0) is 11.4. The highest BCUT2D eigenvalue weighted by Crippen LogP contribution is 2.31. The molecule has 0 unspecified atom stereocenters. The van der Waals surface area contributed by atoms with E-state index in [4.69, 9.17) is 5.73 Å². The molecule has 2 heteroatoms. The number of unbranched alkanes of at least 4 members (excludes halogenated alkanes) is 1. The summed E-state index contributed by atoms with van der Waals surface area (Å²) in [4.78, 5) is 11.1. The van der Waals surface area contributed by atoms with Crippen LogP contribution in [0, 0.1) is 5.41 Å². The van der Waals surface area contributed by atoms with E-state index in [9.17, 15) is 4.79 Å². The molecule has 14 heavy (non-hydrogen) atoms. The van der Waals surface area contributed by atoms with Crippen molar-refractivity contribution in [3.63, 3.8) is 0 Å². The summed E-state index contributed by atoms with van der Waals surface area (Å²) in [6.07, 6.45) is 3.25. The average Bonchev–Trinajstić information content (AvgIpc) is 2.02. The van der Waals surface area contributed by atoms with Gasteiger partial charge in [-0.2, -0.15) is 0 Å². The number of carbonyl (C=O) groups is 1. The first-order valence-corrected chi connectivity index (χ1v) is 5.30. The summed E-state index contributed by atoms with van der Waals surface area (Å²) in [5.41, 5.74) is 7.30. The lowest BCUT2D eigenvalue weighted by atomic mass is 9.80. The third-order valence-corrected chi connectivity index (χ3v) is 2.51. The molecule has 0 aliphatic heterocycles. The van der Waals surface area contributed by atoms with E-state index < -0.39 is 0 Å². The van der Waals surface area contributed by atoms with Crippen molar-refractivity contribution in [1.82, 2.24) is 0 Å². The maximum Gasteiger partial charge on any atom is 0.244 e. The fraction of sp³-hybridized carbons (Fsp3) is 0.750. The Morgan fingerprint density at radius 2 is 1.79 bits per heavy atom. The van der Waals surface area contributed by atoms with E-state index in [2.05, 4.69) is 27.7 Å². The van der Waals surface area contributed by atoms with Crippen molar-refractivity contribution >= 4 is 5.91 Å². The summed E-state index contributed by atoms with van der Waals surface area (Å²) in [5.74, 6) is -0.286. The summed E-state index contributed by atoms with van der Waals surface area (Å²) >= 11 is 0. The molecule has 0 rings (SSSR count). The quantitative estimate of drug-likeness (QED) is 0.692. The molecule has 0 saturated carbocycles. The molecule has 0 fully saturated rings. The first-order chi connectivity index (χ1) is 6.30. The van der Waals surface area contributed by atoms with E-state index in [1.807, 2.05) is 6.92 Å². The highest BCUT2D eigenvalue weighted by atomic mass is 16.1. The molecule has 0 aromatic rings. The third-order valence-electron chi connectivity index (χ3n) is 2.51. The van der Waals surface area contributed by atoms with Crippen LogP contribution in [0.1, 0.15) is 53.9 Å². The molecule has 0 saturated heterocycles. The van der Waals surface area contributed by atoms with E-state index in [1.165, 1.54) is 5.57 Å². The second-order valence-corrected chi connectivity index (χ2v) is 4.82. The fourth-order valence-electron chi connectivity index (χ4n) is 1.63. The number of carbonyl (C=O) groups excluding carboxylic acids is 1. The lowest BCUT2D eigenvalue weighted by Gasteiger charge is -2.25. The van der Waals surface area contributed by atoms with Crippen molar-refractivity contribution in [2.75, 3.05) is 0 Å². The van der Waals surface area contributed by atoms with Crippen molar-refractivity contribution in [2.45, 2.75) is 53.9 Å². The maximum absolute atomic E-state index is 11.1. The van der Waals surface area contributed by atoms with Crippen LogP contribution in [0.25, 0.3) is 0 Å². The molecule has 1 amide bonds. The molecular formula is C12H23NO. The minimum atomic E-state index is -0.286. The zero-order valence-electron chi connectivity index (χ0n) is 10.1. The Bertz CT molecular complexity index is 233. The Morgan fingerprint density at radius 1 is 1.29 bits per heavy atom. The maximum atomic E-state index is 11.1. The van der Waals surface area contributed by atoms with Crippen LogP contribution in [-0.4, -0.2) is 5.91 Å². The third kappa shape index (κ3) is 3.95. The molecule has 0 aromatic heterocycles. The second kappa shape index (κ2) is 5.18. The van der Waals surface area contributed by atoms with Crippen molar-refractivity contribution in [1.29, 1.82) is 0 Å². The van der Waals surface area contributed by atoms with Crippen molar-refractivity contribution in [2.24, 2.45) is 11.1 Å². The fourth-order valence-corrected chi connectivity index (χ4v) is 1.63. The molecule has 2 nitrogen and oxygen atoms in total. The highest BCUT2D eigenvalue weighted by Gasteiger charge is 2.20. The van der Waals surface area contributed by atoms with Gasteiger partial charge >= 0.3 is 0 Å². The standard InChI is InChI=1S/C12H23NO/c1-6-7-8-10(12(3,4)5)9(2)11(13)14/h6-8H2,1-5H3,(H2,13,14)/b10-9+. The predicted octanol–water partition coefficient (Wildman–Crippen LogP) is 3.02. The summed E-state index contributed by atoms with van der Waals surface area (Å²) in [5, 5.41) is 0. The molecule has 82 valence electrons. The normalized spacial score (nSPS) is 13.8. The summed E-state index contributed by atoms with van der Waals surface area (Å²) in [6, 6.07) is 0. The SMILES string of the molecule is CCCC/C(=C(/C)C(N)=O)C(C)(C)C. The summed E-state index contributed by atoms with van der Waals surface area (Å²) < 4.78 is 0. The van der Waals surface area contributed by atoms with Gasteiger partial charge in [-0.05, 0) is 25.2 Å². The van der Waals surface area contributed by atoms with Crippen LogP contribution in [0.5, 0.6) is 0 Å².